The van der Waals surface area contributed by atoms with E-state index in [1.54, 1.807) is 6.20 Å². The van der Waals surface area contributed by atoms with Gasteiger partial charge in [-0.3, -0.25) is 0 Å². The maximum atomic E-state index is 5.55. The Hall–Kier alpha value is -1.86. The molecule has 19 heavy (non-hydrogen) atoms. The fourth-order valence-corrected chi connectivity index (χ4v) is 2.42. The number of ether oxygens (including phenoxy) is 1. The number of imidazole rings is 1. The monoisotopic (exact) mass is 262 g/mol. The van der Waals surface area contributed by atoms with Crippen LogP contribution in [0.1, 0.15) is 13.8 Å². The molecule has 0 radical (unpaired) electrons. The molecule has 0 unspecified atom stereocenters. The Kier molecular flexibility index (Phi) is 2.79. The van der Waals surface area contributed by atoms with E-state index in [4.69, 9.17) is 10.6 Å². The molecule has 3 heterocycles. The van der Waals surface area contributed by atoms with E-state index in [9.17, 15) is 0 Å². The smallest absolute Gasteiger partial charge is 0.180 e. The van der Waals surface area contributed by atoms with Crippen molar-refractivity contribution in [1.82, 2.24) is 14.4 Å². The first-order valence-corrected chi connectivity index (χ1v) is 6.27. The quantitative estimate of drug-likeness (QED) is 0.610. The highest BCUT2D eigenvalue weighted by Gasteiger charge is 2.33. The standard InChI is InChI=1S/C12H18N6O/c1-12(2)8-19-6-5-18(12)11-10-14-3-4-17(10)7-9(15-11)16-13/h3-4,7,16H,5-6,8,13H2,1-2H3. The summed E-state index contributed by atoms with van der Waals surface area (Å²) in [7, 11) is 0. The highest BCUT2D eigenvalue weighted by atomic mass is 16.5. The van der Waals surface area contributed by atoms with Gasteiger partial charge < -0.3 is 19.5 Å². The van der Waals surface area contributed by atoms with Gasteiger partial charge in [-0.05, 0) is 13.8 Å². The first-order chi connectivity index (χ1) is 9.12. The molecule has 1 saturated heterocycles. The Morgan fingerprint density at radius 1 is 1.47 bits per heavy atom. The Morgan fingerprint density at radius 2 is 2.32 bits per heavy atom. The SMILES string of the molecule is CC1(C)COCCN1c1nc(NN)cn2ccnc12. The van der Waals surface area contributed by atoms with Crippen molar-refractivity contribution >= 4 is 17.3 Å². The van der Waals surface area contributed by atoms with Gasteiger partial charge in [0.05, 0.1) is 24.9 Å². The van der Waals surface area contributed by atoms with Crippen molar-refractivity contribution < 1.29 is 4.74 Å². The number of morpholine rings is 1. The van der Waals surface area contributed by atoms with E-state index >= 15 is 0 Å². The van der Waals surface area contributed by atoms with Crippen LogP contribution in [0.15, 0.2) is 18.6 Å². The Balaban J connectivity index is 2.14. The molecule has 2 aromatic rings. The molecule has 7 nitrogen and oxygen atoms in total. The maximum Gasteiger partial charge on any atom is 0.180 e. The third-order valence-corrected chi connectivity index (χ3v) is 3.41. The number of hydrogen-bond acceptors (Lipinski definition) is 6. The predicted molar refractivity (Wildman–Crippen MR) is 73.0 cm³/mol. The van der Waals surface area contributed by atoms with Crippen LogP contribution in [0.3, 0.4) is 0 Å². The Bertz CT molecular complexity index is 593. The Morgan fingerprint density at radius 3 is 3.05 bits per heavy atom. The predicted octanol–water partition coefficient (Wildman–Crippen LogP) is 0.630. The third-order valence-electron chi connectivity index (χ3n) is 3.41. The summed E-state index contributed by atoms with van der Waals surface area (Å²) in [6.45, 7) is 6.42. The van der Waals surface area contributed by atoms with E-state index < -0.39 is 0 Å². The first kappa shape index (κ1) is 12.2. The van der Waals surface area contributed by atoms with E-state index in [0.29, 0.717) is 19.0 Å². The summed E-state index contributed by atoms with van der Waals surface area (Å²) in [6.07, 6.45) is 5.46. The van der Waals surface area contributed by atoms with E-state index in [-0.39, 0.29) is 5.54 Å². The summed E-state index contributed by atoms with van der Waals surface area (Å²) in [5.41, 5.74) is 3.31. The van der Waals surface area contributed by atoms with Gasteiger partial charge in [-0.1, -0.05) is 0 Å². The fraction of sp³-hybridized carbons (Fsp3) is 0.500. The number of nitrogens with one attached hydrogen (secondary N) is 1. The van der Waals surface area contributed by atoms with E-state index in [1.807, 2.05) is 16.8 Å². The molecule has 0 aliphatic carbocycles. The number of hydrogen-bond donors (Lipinski definition) is 2. The second-order valence-electron chi connectivity index (χ2n) is 5.27. The van der Waals surface area contributed by atoms with Gasteiger partial charge in [0, 0.05) is 18.9 Å². The molecule has 3 rings (SSSR count). The molecule has 1 fully saturated rings. The van der Waals surface area contributed by atoms with Crippen LogP contribution in [-0.2, 0) is 4.74 Å². The number of nitrogen functional groups attached to an aromatic ring is 1. The summed E-state index contributed by atoms with van der Waals surface area (Å²) in [6, 6.07) is 0. The van der Waals surface area contributed by atoms with Gasteiger partial charge in [-0.15, -0.1) is 0 Å². The molecule has 102 valence electrons. The zero-order chi connectivity index (χ0) is 13.5. The van der Waals surface area contributed by atoms with Crippen LogP contribution in [0.25, 0.3) is 5.65 Å². The van der Waals surface area contributed by atoms with Gasteiger partial charge in [0.1, 0.15) is 0 Å². The highest BCUT2D eigenvalue weighted by molar-refractivity contribution is 5.68. The van der Waals surface area contributed by atoms with Crippen molar-refractivity contribution in [3.63, 3.8) is 0 Å². The molecule has 0 amide bonds. The van der Waals surface area contributed by atoms with Gasteiger partial charge in [-0.25, -0.2) is 15.8 Å². The number of nitrogens with two attached hydrogens (primary N) is 1. The second kappa shape index (κ2) is 4.36. The first-order valence-electron chi connectivity index (χ1n) is 6.27. The third kappa shape index (κ3) is 2.00. The van der Waals surface area contributed by atoms with Crippen LogP contribution in [0.5, 0.6) is 0 Å². The minimum absolute atomic E-state index is 0.120. The number of nitrogens with zero attached hydrogens (tertiary/aromatic N) is 4. The van der Waals surface area contributed by atoms with Gasteiger partial charge in [0.25, 0.3) is 0 Å². The molecule has 3 N–H and O–H groups in total. The van der Waals surface area contributed by atoms with Crippen molar-refractivity contribution in [2.45, 2.75) is 19.4 Å². The van der Waals surface area contributed by atoms with Gasteiger partial charge >= 0.3 is 0 Å². The number of anilines is 2. The van der Waals surface area contributed by atoms with E-state index in [2.05, 4.69) is 34.1 Å². The largest absolute Gasteiger partial charge is 0.377 e. The maximum absolute atomic E-state index is 5.55. The summed E-state index contributed by atoms with van der Waals surface area (Å²) < 4.78 is 7.47. The molecule has 0 saturated carbocycles. The van der Waals surface area contributed by atoms with Gasteiger partial charge in [-0.2, -0.15) is 0 Å². The fourth-order valence-electron chi connectivity index (χ4n) is 2.42. The lowest BCUT2D eigenvalue weighted by atomic mass is 10.0. The molecular formula is C12H18N6O. The van der Waals surface area contributed by atoms with Gasteiger partial charge in [0.2, 0.25) is 0 Å². The molecule has 1 aliphatic rings. The average Bonchev–Trinajstić information content (AvgIpc) is 2.85. The van der Waals surface area contributed by atoms with Crippen molar-refractivity contribution in [3.8, 4) is 0 Å². The number of fused-ring (bicyclic) bond motifs is 1. The molecule has 0 bridgehead atoms. The van der Waals surface area contributed by atoms with E-state index in [0.717, 1.165) is 18.0 Å². The number of rotatable bonds is 2. The molecule has 2 aromatic heterocycles. The topological polar surface area (TPSA) is 80.7 Å². The normalized spacial score (nSPS) is 18.8. The van der Waals surface area contributed by atoms with Crippen molar-refractivity contribution in [2.75, 3.05) is 30.1 Å². The lowest BCUT2D eigenvalue weighted by Gasteiger charge is -2.42. The lowest BCUT2D eigenvalue weighted by molar-refractivity contribution is 0.0640. The molecule has 1 aliphatic heterocycles. The van der Waals surface area contributed by atoms with Crippen LogP contribution in [0, 0.1) is 0 Å². The summed E-state index contributed by atoms with van der Waals surface area (Å²) in [5.74, 6) is 6.93. The second-order valence-corrected chi connectivity index (χ2v) is 5.27. The van der Waals surface area contributed by atoms with E-state index in [1.165, 1.54) is 0 Å². The number of hydrazine groups is 1. The van der Waals surface area contributed by atoms with Crippen LogP contribution >= 0.6 is 0 Å². The summed E-state index contributed by atoms with van der Waals surface area (Å²) in [4.78, 5) is 11.2. The molecule has 0 atom stereocenters. The molecule has 0 spiro atoms. The van der Waals surface area contributed by atoms with Crippen LogP contribution in [-0.4, -0.2) is 39.7 Å². The van der Waals surface area contributed by atoms with Crippen molar-refractivity contribution in [1.29, 1.82) is 0 Å². The van der Waals surface area contributed by atoms with Gasteiger partial charge in [0.15, 0.2) is 17.3 Å². The lowest BCUT2D eigenvalue weighted by Crippen LogP contribution is -2.53. The summed E-state index contributed by atoms with van der Waals surface area (Å²) in [5, 5.41) is 0. The van der Waals surface area contributed by atoms with Crippen LogP contribution < -0.4 is 16.2 Å². The summed E-state index contributed by atoms with van der Waals surface area (Å²) >= 11 is 0. The van der Waals surface area contributed by atoms with Crippen molar-refractivity contribution in [3.05, 3.63) is 18.6 Å². The van der Waals surface area contributed by atoms with Crippen LogP contribution in [0.4, 0.5) is 11.6 Å². The minimum atomic E-state index is -0.120. The van der Waals surface area contributed by atoms with Crippen LogP contribution in [0.2, 0.25) is 0 Å². The highest BCUT2D eigenvalue weighted by Crippen LogP contribution is 2.29. The minimum Gasteiger partial charge on any atom is -0.377 e. The molecule has 0 aromatic carbocycles. The number of aromatic nitrogens is 3. The average molecular weight is 262 g/mol. The molecule has 7 heteroatoms. The molecular weight excluding hydrogens is 244 g/mol. The zero-order valence-corrected chi connectivity index (χ0v) is 11.1. The van der Waals surface area contributed by atoms with Crippen molar-refractivity contribution in [2.24, 2.45) is 5.84 Å². The zero-order valence-electron chi connectivity index (χ0n) is 11.1. The Labute approximate surface area is 111 Å².